The molecule has 6 nitrogen and oxygen atoms in total. The van der Waals surface area contributed by atoms with Gasteiger partial charge in [0.25, 0.3) is 5.56 Å². The van der Waals surface area contributed by atoms with Crippen LogP contribution in [0.15, 0.2) is 29.3 Å². The van der Waals surface area contributed by atoms with E-state index in [9.17, 15) is 9.59 Å². The first-order valence-electron chi connectivity index (χ1n) is 4.43. The van der Waals surface area contributed by atoms with Crippen molar-refractivity contribution in [3.8, 4) is 5.75 Å². The van der Waals surface area contributed by atoms with E-state index in [4.69, 9.17) is 9.84 Å². The molecule has 2 aromatic rings. The first-order valence-corrected chi connectivity index (χ1v) is 4.43. The van der Waals surface area contributed by atoms with Gasteiger partial charge in [-0.15, -0.1) is 0 Å². The Kier molecular flexibility index (Phi) is 2.32. The van der Waals surface area contributed by atoms with Crippen LogP contribution in [0.5, 0.6) is 5.75 Å². The Morgan fingerprint density at radius 2 is 2.25 bits per heavy atom. The number of carboxylic acid groups (broad SMARTS) is 1. The van der Waals surface area contributed by atoms with E-state index in [0.29, 0.717) is 15.8 Å². The minimum Gasteiger partial charge on any atom is -0.496 e. The number of fused-ring (bicyclic) bond motifs is 1. The minimum atomic E-state index is -1.37. The zero-order valence-corrected chi connectivity index (χ0v) is 8.38. The molecule has 1 heterocycles. The average Bonchev–Trinajstić information content (AvgIpc) is 2.28. The van der Waals surface area contributed by atoms with Crippen LogP contribution < -0.4 is 10.3 Å². The van der Waals surface area contributed by atoms with Gasteiger partial charge < -0.3 is 9.84 Å². The van der Waals surface area contributed by atoms with E-state index in [1.54, 1.807) is 18.2 Å². The molecular weight excluding hydrogens is 212 g/mol. The monoisotopic (exact) mass is 220 g/mol. The Morgan fingerprint density at radius 1 is 1.50 bits per heavy atom. The molecule has 0 aliphatic heterocycles. The van der Waals surface area contributed by atoms with Gasteiger partial charge in [-0.25, -0.2) is 14.3 Å². The van der Waals surface area contributed by atoms with Crippen molar-refractivity contribution in [3.05, 3.63) is 34.9 Å². The summed E-state index contributed by atoms with van der Waals surface area (Å²) in [5.74, 6) is 0.311. The smallest absolute Gasteiger partial charge is 0.419 e. The van der Waals surface area contributed by atoms with Gasteiger partial charge in [0.1, 0.15) is 17.5 Å². The van der Waals surface area contributed by atoms with E-state index >= 15 is 0 Å². The van der Waals surface area contributed by atoms with Crippen molar-refractivity contribution in [2.45, 2.75) is 0 Å². The maximum atomic E-state index is 11.8. The molecule has 0 atom stereocenters. The summed E-state index contributed by atoms with van der Waals surface area (Å²) in [6, 6.07) is 4.88. The molecule has 1 aromatic carbocycles. The molecule has 1 aromatic heterocycles. The van der Waals surface area contributed by atoms with Crippen LogP contribution in [0, 0.1) is 0 Å². The number of carbonyl (C=O) groups is 1. The van der Waals surface area contributed by atoms with Crippen molar-refractivity contribution in [1.82, 2.24) is 9.55 Å². The Hall–Kier alpha value is -2.37. The van der Waals surface area contributed by atoms with Gasteiger partial charge >= 0.3 is 6.09 Å². The van der Waals surface area contributed by atoms with Crippen LogP contribution >= 0.6 is 0 Å². The molecule has 16 heavy (non-hydrogen) atoms. The molecule has 0 bridgehead atoms. The molecule has 0 aliphatic rings. The Balaban J connectivity index is 2.92. The SMILES string of the molecule is COc1cccc2ncn(C(=O)O)c(=O)c12. The van der Waals surface area contributed by atoms with Gasteiger partial charge in [0, 0.05) is 0 Å². The predicted molar refractivity (Wildman–Crippen MR) is 56.0 cm³/mol. The number of methoxy groups -OCH3 is 1. The normalized spacial score (nSPS) is 10.3. The number of aromatic nitrogens is 2. The number of benzene rings is 1. The van der Waals surface area contributed by atoms with Gasteiger partial charge in [-0.2, -0.15) is 0 Å². The van der Waals surface area contributed by atoms with Gasteiger partial charge in [0.15, 0.2) is 0 Å². The lowest BCUT2D eigenvalue weighted by Crippen LogP contribution is -2.26. The lowest BCUT2D eigenvalue weighted by Gasteiger charge is -2.05. The van der Waals surface area contributed by atoms with Crippen molar-refractivity contribution in [2.75, 3.05) is 7.11 Å². The van der Waals surface area contributed by atoms with E-state index in [1.165, 1.54) is 7.11 Å². The maximum absolute atomic E-state index is 11.8. The fourth-order valence-electron chi connectivity index (χ4n) is 1.44. The van der Waals surface area contributed by atoms with Crippen LogP contribution in [0.25, 0.3) is 10.9 Å². The van der Waals surface area contributed by atoms with E-state index in [-0.39, 0.29) is 5.39 Å². The van der Waals surface area contributed by atoms with Crippen molar-refractivity contribution < 1.29 is 14.6 Å². The zero-order chi connectivity index (χ0) is 11.7. The van der Waals surface area contributed by atoms with Crippen LogP contribution in [0.1, 0.15) is 0 Å². The number of hydrogen-bond donors (Lipinski definition) is 1. The van der Waals surface area contributed by atoms with Crippen LogP contribution in [-0.4, -0.2) is 27.9 Å². The molecule has 0 fully saturated rings. The highest BCUT2D eigenvalue weighted by Gasteiger charge is 2.12. The van der Waals surface area contributed by atoms with Gasteiger partial charge in [-0.1, -0.05) is 6.07 Å². The summed E-state index contributed by atoms with van der Waals surface area (Å²) in [7, 11) is 1.41. The molecule has 2 rings (SSSR count). The first kappa shape index (κ1) is 10.2. The third-order valence-corrected chi connectivity index (χ3v) is 2.18. The molecule has 82 valence electrons. The van der Waals surface area contributed by atoms with E-state index < -0.39 is 11.7 Å². The number of rotatable bonds is 1. The molecule has 0 saturated heterocycles. The molecular formula is C10H8N2O4. The molecule has 6 heteroatoms. The number of hydrogen-bond acceptors (Lipinski definition) is 4. The van der Waals surface area contributed by atoms with Gasteiger partial charge in [0.05, 0.1) is 12.6 Å². The van der Waals surface area contributed by atoms with Crippen LogP contribution in [0.4, 0.5) is 4.79 Å². The molecule has 0 radical (unpaired) electrons. The first-order chi connectivity index (χ1) is 7.65. The highest BCUT2D eigenvalue weighted by atomic mass is 16.5. The Bertz CT molecular complexity index is 618. The van der Waals surface area contributed by atoms with Crippen molar-refractivity contribution in [1.29, 1.82) is 0 Å². The van der Waals surface area contributed by atoms with E-state index in [0.717, 1.165) is 6.33 Å². The quantitative estimate of drug-likeness (QED) is 0.773. The molecule has 0 saturated carbocycles. The summed E-state index contributed by atoms with van der Waals surface area (Å²) < 4.78 is 5.52. The summed E-state index contributed by atoms with van der Waals surface area (Å²) in [5, 5.41) is 8.93. The predicted octanol–water partition coefficient (Wildman–Crippen LogP) is 0.931. The second-order valence-electron chi connectivity index (χ2n) is 3.06. The van der Waals surface area contributed by atoms with Crippen LogP contribution in [0.3, 0.4) is 0 Å². The van der Waals surface area contributed by atoms with Crippen LogP contribution in [0.2, 0.25) is 0 Å². The molecule has 0 amide bonds. The highest BCUT2D eigenvalue weighted by molar-refractivity contribution is 5.85. The lowest BCUT2D eigenvalue weighted by atomic mass is 10.2. The summed E-state index contributed by atoms with van der Waals surface area (Å²) in [6.45, 7) is 0. The average molecular weight is 220 g/mol. The lowest BCUT2D eigenvalue weighted by molar-refractivity contribution is 0.195. The second kappa shape index (κ2) is 3.65. The third kappa shape index (κ3) is 1.40. The summed E-state index contributed by atoms with van der Waals surface area (Å²) in [6.07, 6.45) is -0.391. The van der Waals surface area contributed by atoms with Crippen molar-refractivity contribution in [2.24, 2.45) is 0 Å². The number of nitrogens with zero attached hydrogens (tertiary/aromatic N) is 2. The van der Waals surface area contributed by atoms with E-state index in [1.807, 2.05) is 0 Å². The molecule has 0 unspecified atom stereocenters. The molecule has 1 N–H and O–H groups in total. The summed E-state index contributed by atoms with van der Waals surface area (Å²) in [4.78, 5) is 26.4. The maximum Gasteiger partial charge on any atom is 0.419 e. The highest BCUT2D eigenvalue weighted by Crippen LogP contribution is 2.19. The van der Waals surface area contributed by atoms with Gasteiger partial charge in [-0.05, 0) is 12.1 Å². The standard InChI is InChI=1S/C10H8N2O4/c1-16-7-4-2-3-6-8(7)9(13)12(5-11-6)10(14)15/h2-5H,1H3,(H,14,15). The largest absolute Gasteiger partial charge is 0.496 e. The van der Waals surface area contributed by atoms with Crippen molar-refractivity contribution in [3.63, 3.8) is 0 Å². The molecule has 0 spiro atoms. The van der Waals surface area contributed by atoms with Gasteiger partial charge in [0.2, 0.25) is 0 Å². The second-order valence-corrected chi connectivity index (χ2v) is 3.06. The van der Waals surface area contributed by atoms with Crippen LogP contribution in [-0.2, 0) is 0 Å². The minimum absolute atomic E-state index is 0.162. The third-order valence-electron chi connectivity index (χ3n) is 2.18. The van der Waals surface area contributed by atoms with Crippen molar-refractivity contribution >= 4 is 17.0 Å². The summed E-state index contributed by atoms with van der Waals surface area (Å²) >= 11 is 0. The topological polar surface area (TPSA) is 81.4 Å². The number of ether oxygens (including phenoxy) is 1. The Labute approximate surface area is 89.7 Å². The van der Waals surface area contributed by atoms with Gasteiger partial charge in [-0.3, -0.25) is 4.79 Å². The fourth-order valence-corrected chi connectivity index (χ4v) is 1.44. The summed E-state index contributed by atoms with van der Waals surface area (Å²) in [5.41, 5.74) is -0.253. The molecule has 0 aliphatic carbocycles. The fraction of sp³-hybridized carbons (Fsp3) is 0.100. The van der Waals surface area contributed by atoms with E-state index in [2.05, 4.69) is 4.98 Å². The zero-order valence-electron chi connectivity index (χ0n) is 8.38. The Morgan fingerprint density at radius 3 is 2.88 bits per heavy atom.